The molecule has 0 bridgehead atoms. The second kappa shape index (κ2) is 8.65. The fourth-order valence-corrected chi connectivity index (χ4v) is 3.19. The van der Waals surface area contributed by atoms with Crippen LogP contribution in [0.2, 0.25) is 5.02 Å². The highest BCUT2D eigenvalue weighted by atomic mass is 35.5. The maximum atomic E-state index is 13.3. The molecule has 3 aromatic carbocycles. The molecule has 0 heterocycles. The Balaban J connectivity index is 2.18. The number of carboxylic acid groups (broad SMARTS) is 1. The van der Waals surface area contributed by atoms with Gasteiger partial charge in [-0.05, 0) is 59.7 Å². The summed E-state index contributed by atoms with van der Waals surface area (Å²) in [7, 11) is 0. The van der Waals surface area contributed by atoms with Gasteiger partial charge in [0.1, 0.15) is 5.75 Å². The van der Waals surface area contributed by atoms with Gasteiger partial charge in [0.25, 0.3) is 0 Å². The average Bonchev–Trinajstić information content (AvgIpc) is 2.71. The summed E-state index contributed by atoms with van der Waals surface area (Å²) >= 11 is 6.09. The first kappa shape index (κ1) is 22.7. The van der Waals surface area contributed by atoms with E-state index in [0.29, 0.717) is 11.6 Å². The van der Waals surface area contributed by atoms with Crippen LogP contribution in [-0.4, -0.2) is 22.1 Å². The maximum absolute atomic E-state index is 13.3. The molecule has 0 atom stereocenters. The number of carbonyl (C=O) groups is 2. The third-order valence-electron chi connectivity index (χ3n) is 4.45. The van der Waals surface area contributed by atoms with Gasteiger partial charge in [0.15, 0.2) is 0 Å². The second-order valence-corrected chi connectivity index (χ2v) is 7.01. The number of benzene rings is 3. The van der Waals surface area contributed by atoms with Gasteiger partial charge in [-0.1, -0.05) is 29.5 Å². The minimum atomic E-state index is -4.74. The van der Waals surface area contributed by atoms with Gasteiger partial charge < -0.3 is 15.9 Å². The predicted molar refractivity (Wildman–Crippen MR) is 111 cm³/mol. The van der Waals surface area contributed by atoms with Gasteiger partial charge in [0, 0.05) is 11.1 Å². The van der Waals surface area contributed by atoms with Crippen LogP contribution >= 0.6 is 11.6 Å². The predicted octanol–water partition coefficient (Wildman–Crippen LogP) is 4.93. The minimum Gasteiger partial charge on any atom is -0.508 e. The van der Waals surface area contributed by atoms with Crippen molar-refractivity contribution in [1.29, 1.82) is 0 Å². The highest BCUT2D eigenvalue weighted by Crippen LogP contribution is 2.34. The fraction of sp³-hybridized carbons (Fsp3) is 0.0435. The van der Waals surface area contributed by atoms with E-state index in [4.69, 9.17) is 17.3 Å². The minimum absolute atomic E-state index is 0.0209. The Labute approximate surface area is 184 Å². The van der Waals surface area contributed by atoms with Crippen molar-refractivity contribution in [3.8, 4) is 28.7 Å². The smallest absolute Gasteiger partial charge is 0.417 e. The van der Waals surface area contributed by atoms with E-state index < -0.39 is 29.4 Å². The largest absolute Gasteiger partial charge is 0.508 e. The molecular weight excluding hydrogens is 447 g/mol. The quantitative estimate of drug-likeness (QED) is 0.483. The Hall–Kier alpha value is -3.96. The molecule has 0 saturated carbocycles. The SMILES string of the molecule is NC(=O)c1ccc(-c2cc(C(=O)O)ccc2C#Cc2ccc(O)cc2C(F)(F)F)cc1Cl. The van der Waals surface area contributed by atoms with Crippen LogP contribution in [0.4, 0.5) is 13.2 Å². The van der Waals surface area contributed by atoms with Gasteiger partial charge >= 0.3 is 12.1 Å². The number of hydrogen-bond donors (Lipinski definition) is 3. The van der Waals surface area contributed by atoms with Gasteiger partial charge in [0.2, 0.25) is 5.91 Å². The van der Waals surface area contributed by atoms with Crippen LogP contribution in [0.3, 0.4) is 0 Å². The zero-order valence-electron chi connectivity index (χ0n) is 16.0. The molecule has 162 valence electrons. The number of primary amides is 1. The van der Waals surface area contributed by atoms with Gasteiger partial charge in [0.05, 0.1) is 21.7 Å². The third kappa shape index (κ3) is 4.85. The lowest BCUT2D eigenvalue weighted by Crippen LogP contribution is -2.11. The summed E-state index contributed by atoms with van der Waals surface area (Å²) in [6, 6.07) is 10.8. The van der Waals surface area contributed by atoms with E-state index in [9.17, 15) is 33.0 Å². The van der Waals surface area contributed by atoms with E-state index in [2.05, 4.69) is 11.8 Å². The molecule has 3 aromatic rings. The van der Waals surface area contributed by atoms with Gasteiger partial charge in [-0.15, -0.1) is 0 Å². The van der Waals surface area contributed by atoms with Crippen LogP contribution in [0.1, 0.15) is 37.4 Å². The van der Waals surface area contributed by atoms with Crippen molar-refractivity contribution in [2.45, 2.75) is 6.18 Å². The van der Waals surface area contributed by atoms with Crippen LogP contribution in [-0.2, 0) is 6.18 Å². The van der Waals surface area contributed by atoms with Crippen molar-refractivity contribution < 1.29 is 33.0 Å². The van der Waals surface area contributed by atoms with Crippen LogP contribution < -0.4 is 5.73 Å². The summed E-state index contributed by atoms with van der Waals surface area (Å²) < 4.78 is 39.9. The van der Waals surface area contributed by atoms with Gasteiger partial charge in [-0.2, -0.15) is 13.2 Å². The van der Waals surface area contributed by atoms with Crippen molar-refractivity contribution >= 4 is 23.5 Å². The topological polar surface area (TPSA) is 101 Å². The number of hydrogen-bond acceptors (Lipinski definition) is 3. The van der Waals surface area contributed by atoms with E-state index in [1.807, 2.05) is 0 Å². The van der Waals surface area contributed by atoms with E-state index in [1.54, 1.807) is 0 Å². The van der Waals surface area contributed by atoms with Crippen molar-refractivity contribution in [3.63, 3.8) is 0 Å². The normalized spacial score (nSPS) is 10.9. The zero-order chi connectivity index (χ0) is 23.6. The highest BCUT2D eigenvalue weighted by Gasteiger charge is 2.33. The molecule has 0 aliphatic rings. The summed E-state index contributed by atoms with van der Waals surface area (Å²) in [5.74, 6) is 2.52. The summed E-state index contributed by atoms with van der Waals surface area (Å²) in [5.41, 5.74) is 4.61. The summed E-state index contributed by atoms with van der Waals surface area (Å²) in [6.45, 7) is 0. The maximum Gasteiger partial charge on any atom is 0.417 e. The number of nitrogens with two attached hydrogens (primary N) is 1. The van der Waals surface area contributed by atoms with Crippen molar-refractivity contribution in [1.82, 2.24) is 0 Å². The molecule has 9 heteroatoms. The van der Waals surface area contributed by atoms with Crippen molar-refractivity contribution in [3.05, 3.63) is 87.4 Å². The molecule has 0 radical (unpaired) electrons. The summed E-state index contributed by atoms with van der Waals surface area (Å²) in [6.07, 6.45) is -4.74. The van der Waals surface area contributed by atoms with Crippen LogP contribution in [0.15, 0.2) is 54.6 Å². The zero-order valence-corrected chi connectivity index (χ0v) is 16.8. The number of carbonyl (C=O) groups excluding carboxylic acids is 1. The lowest BCUT2D eigenvalue weighted by molar-refractivity contribution is -0.137. The van der Waals surface area contributed by atoms with Gasteiger partial charge in [-0.3, -0.25) is 4.79 Å². The Bertz CT molecular complexity index is 1310. The Morgan fingerprint density at radius 1 is 0.938 bits per heavy atom. The van der Waals surface area contributed by atoms with Crippen molar-refractivity contribution in [2.75, 3.05) is 0 Å². The fourth-order valence-electron chi connectivity index (χ4n) is 2.92. The molecular formula is C23H13ClF3NO4. The molecule has 4 N–H and O–H groups in total. The lowest BCUT2D eigenvalue weighted by Gasteiger charge is -2.10. The first-order valence-corrected chi connectivity index (χ1v) is 9.24. The molecule has 0 fully saturated rings. The van der Waals surface area contributed by atoms with Crippen LogP contribution in [0.25, 0.3) is 11.1 Å². The molecule has 0 unspecified atom stereocenters. The molecule has 5 nitrogen and oxygen atoms in total. The number of aromatic carboxylic acids is 1. The number of amides is 1. The molecule has 0 spiro atoms. The monoisotopic (exact) mass is 459 g/mol. The van der Waals surface area contributed by atoms with Gasteiger partial charge in [-0.25, -0.2) is 4.79 Å². The highest BCUT2D eigenvalue weighted by molar-refractivity contribution is 6.34. The van der Waals surface area contributed by atoms with E-state index >= 15 is 0 Å². The number of rotatable bonds is 3. The summed E-state index contributed by atoms with van der Waals surface area (Å²) in [4.78, 5) is 22.8. The first-order valence-electron chi connectivity index (χ1n) is 8.86. The summed E-state index contributed by atoms with van der Waals surface area (Å²) in [5, 5.41) is 18.7. The standard InChI is InChI=1S/C23H13ClF3NO4/c24-20-10-14(6-8-17(20)21(28)30)18-9-15(22(31)32)4-2-12(18)1-3-13-5-7-16(29)11-19(13)23(25,26)27/h2,4-11,29H,(H2,28,30)(H,31,32). The Kier molecular flexibility index (Phi) is 6.14. The molecule has 0 aliphatic carbocycles. The third-order valence-corrected chi connectivity index (χ3v) is 4.77. The van der Waals surface area contributed by atoms with E-state index in [0.717, 1.165) is 12.1 Å². The number of halogens is 4. The lowest BCUT2D eigenvalue weighted by atomic mass is 9.96. The molecule has 0 saturated heterocycles. The second-order valence-electron chi connectivity index (χ2n) is 6.60. The number of phenols is 1. The number of phenolic OH excluding ortho intramolecular Hbond substituents is 1. The Morgan fingerprint density at radius 3 is 2.19 bits per heavy atom. The van der Waals surface area contributed by atoms with E-state index in [1.165, 1.54) is 36.4 Å². The number of carboxylic acids is 1. The van der Waals surface area contributed by atoms with Crippen LogP contribution in [0, 0.1) is 11.8 Å². The molecule has 3 rings (SSSR count). The van der Waals surface area contributed by atoms with Crippen molar-refractivity contribution in [2.24, 2.45) is 5.73 Å². The number of alkyl halides is 3. The first-order chi connectivity index (χ1) is 15.0. The van der Waals surface area contributed by atoms with E-state index in [-0.39, 0.29) is 32.8 Å². The molecule has 0 aliphatic heterocycles. The average molecular weight is 460 g/mol. The number of aromatic hydroxyl groups is 1. The molecule has 1 amide bonds. The van der Waals surface area contributed by atoms with Crippen LogP contribution in [0.5, 0.6) is 5.75 Å². The molecule has 0 aromatic heterocycles. The Morgan fingerprint density at radius 2 is 1.59 bits per heavy atom. The molecule has 32 heavy (non-hydrogen) atoms.